The van der Waals surface area contributed by atoms with Crippen molar-refractivity contribution in [3.63, 3.8) is 0 Å². The fraction of sp³-hybridized carbons (Fsp3) is 0.200. The van der Waals surface area contributed by atoms with Gasteiger partial charge in [-0.1, -0.05) is 6.07 Å². The number of hydrogen-bond acceptors (Lipinski definition) is 4. The van der Waals surface area contributed by atoms with Crippen LogP contribution in [0.25, 0.3) is 0 Å². The molecule has 0 spiro atoms. The van der Waals surface area contributed by atoms with Gasteiger partial charge in [0, 0.05) is 10.9 Å². The second-order valence-electron chi connectivity index (χ2n) is 3.06. The fourth-order valence-corrected chi connectivity index (χ4v) is 2.33. The summed E-state index contributed by atoms with van der Waals surface area (Å²) in [6.07, 6.45) is 0. The van der Waals surface area contributed by atoms with Crippen molar-refractivity contribution in [3.05, 3.63) is 38.9 Å². The van der Waals surface area contributed by atoms with Gasteiger partial charge >= 0.3 is 0 Å². The molecule has 0 aliphatic rings. The Bertz CT molecular complexity index is 422. The van der Waals surface area contributed by atoms with Crippen molar-refractivity contribution < 1.29 is 0 Å². The molecular formula is C10H10BrN3S. The van der Waals surface area contributed by atoms with Gasteiger partial charge in [-0.05, 0) is 34.3 Å². The molecule has 0 fully saturated rings. The minimum atomic E-state index is 0.762. The van der Waals surface area contributed by atoms with Gasteiger partial charge in [-0.2, -0.15) is 0 Å². The van der Waals surface area contributed by atoms with E-state index in [-0.39, 0.29) is 0 Å². The zero-order valence-corrected chi connectivity index (χ0v) is 10.6. The average molecular weight is 284 g/mol. The molecule has 0 aliphatic heterocycles. The van der Waals surface area contributed by atoms with E-state index in [1.54, 1.807) is 11.3 Å². The summed E-state index contributed by atoms with van der Waals surface area (Å²) in [5.41, 5.74) is 0. The lowest BCUT2D eigenvalue weighted by atomic mass is 10.4. The Balaban J connectivity index is 2.05. The predicted molar refractivity (Wildman–Crippen MR) is 66.1 cm³/mol. The Morgan fingerprint density at radius 3 is 3.00 bits per heavy atom. The van der Waals surface area contributed by atoms with E-state index >= 15 is 0 Å². The Morgan fingerprint density at radius 1 is 1.47 bits per heavy atom. The second kappa shape index (κ2) is 4.72. The van der Waals surface area contributed by atoms with Crippen LogP contribution in [0.3, 0.4) is 0 Å². The molecule has 0 unspecified atom stereocenters. The van der Waals surface area contributed by atoms with Crippen molar-refractivity contribution in [1.29, 1.82) is 0 Å². The van der Waals surface area contributed by atoms with Gasteiger partial charge in [0.25, 0.3) is 0 Å². The van der Waals surface area contributed by atoms with E-state index in [0.29, 0.717) is 0 Å². The molecule has 5 heteroatoms. The number of aromatic nitrogens is 2. The molecule has 0 saturated carbocycles. The SMILES string of the molecule is Cc1nc(Br)cc(NCc2cccs2)n1. The van der Waals surface area contributed by atoms with Gasteiger partial charge in [-0.25, -0.2) is 9.97 Å². The van der Waals surface area contributed by atoms with E-state index in [1.807, 2.05) is 19.1 Å². The summed E-state index contributed by atoms with van der Waals surface area (Å²) >= 11 is 5.08. The lowest BCUT2D eigenvalue weighted by molar-refractivity contribution is 1.01. The third kappa shape index (κ3) is 3.00. The highest BCUT2D eigenvalue weighted by Gasteiger charge is 1.99. The van der Waals surface area contributed by atoms with Gasteiger partial charge in [0.2, 0.25) is 0 Å². The molecule has 2 rings (SSSR count). The summed E-state index contributed by atoms with van der Waals surface area (Å²) in [6.45, 7) is 2.68. The van der Waals surface area contributed by atoms with E-state index in [4.69, 9.17) is 0 Å². The Labute approximate surface area is 101 Å². The van der Waals surface area contributed by atoms with Crippen LogP contribution in [-0.2, 0) is 6.54 Å². The minimum Gasteiger partial charge on any atom is -0.365 e. The Morgan fingerprint density at radius 2 is 2.33 bits per heavy atom. The molecule has 2 heterocycles. The molecule has 3 nitrogen and oxygen atoms in total. The van der Waals surface area contributed by atoms with Gasteiger partial charge in [-0.15, -0.1) is 11.3 Å². The molecule has 0 atom stereocenters. The maximum absolute atomic E-state index is 4.29. The topological polar surface area (TPSA) is 37.8 Å². The molecule has 0 amide bonds. The zero-order chi connectivity index (χ0) is 10.7. The molecule has 0 bridgehead atoms. The van der Waals surface area contributed by atoms with Gasteiger partial charge in [0.05, 0.1) is 6.54 Å². The average Bonchev–Trinajstić information content (AvgIpc) is 2.65. The van der Waals surface area contributed by atoms with E-state index in [0.717, 1.165) is 22.8 Å². The highest BCUT2D eigenvalue weighted by molar-refractivity contribution is 9.10. The van der Waals surface area contributed by atoms with Gasteiger partial charge in [0.15, 0.2) is 0 Å². The van der Waals surface area contributed by atoms with Crippen LogP contribution >= 0.6 is 27.3 Å². The fourth-order valence-electron chi connectivity index (χ4n) is 1.21. The maximum Gasteiger partial charge on any atom is 0.131 e. The van der Waals surface area contributed by atoms with Crippen molar-refractivity contribution >= 4 is 33.1 Å². The first kappa shape index (κ1) is 10.6. The summed E-state index contributed by atoms with van der Waals surface area (Å²) in [6, 6.07) is 6.02. The summed E-state index contributed by atoms with van der Waals surface area (Å²) in [7, 11) is 0. The molecule has 0 aromatic carbocycles. The molecule has 0 saturated heterocycles. The van der Waals surface area contributed by atoms with Crippen LogP contribution in [0.4, 0.5) is 5.82 Å². The molecule has 2 aromatic heterocycles. The summed E-state index contributed by atoms with van der Waals surface area (Å²) in [5, 5.41) is 5.33. The lowest BCUT2D eigenvalue weighted by Gasteiger charge is -2.04. The van der Waals surface area contributed by atoms with Crippen molar-refractivity contribution in [2.75, 3.05) is 5.32 Å². The minimum absolute atomic E-state index is 0.762. The number of hydrogen-bond donors (Lipinski definition) is 1. The first-order valence-electron chi connectivity index (χ1n) is 4.51. The van der Waals surface area contributed by atoms with Crippen molar-refractivity contribution in [2.24, 2.45) is 0 Å². The largest absolute Gasteiger partial charge is 0.365 e. The van der Waals surface area contributed by atoms with Crippen molar-refractivity contribution in [1.82, 2.24) is 9.97 Å². The van der Waals surface area contributed by atoms with Gasteiger partial charge in [0.1, 0.15) is 16.2 Å². The van der Waals surface area contributed by atoms with E-state index < -0.39 is 0 Å². The third-order valence-corrected chi connectivity index (χ3v) is 3.11. The number of aryl methyl sites for hydroxylation is 1. The zero-order valence-electron chi connectivity index (χ0n) is 8.20. The maximum atomic E-state index is 4.29. The smallest absolute Gasteiger partial charge is 0.131 e. The number of halogens is 1. The van der Waals surface area contributed by atoms with Gasteiger partial charge in [-0.3, -0.25) is 0 Å². The summed E-state index contributed by atoms with van der Waals surface area (Å²) in [5.74, 6) is 1.61. The monoisotopic (exact) mass is 283 g/mol. The van der Waals surface area contributed by atoms with Crippen LogP contribution in [-0.4, -0.2) is 9.97 Å². The third-order valence-electron chi connectivity index (χ3n) is 1.83. The molecule has 0 radical (unpaired) electrons. The predicted octanol–water partition coefficient (Wildman–Crippen LogP) is 3.22. The number of nitrogens with zero attached hydrogens (tertiary/aromatic N) is 2. The molecular weight excluding hydrogens is 274 g/mol. The first-order chi connectivity index (χ1) is 7.24. The number of rotatable bonds is 3. The van der Waals surface area contributed by atoms with E-state index in [9.17, 15) is 0 Å². The molecule has 2 aromatic rings. The van der Waals surface area contributed by atoms with Crippen LogP contribution in [0.15, 0.2) is 28.2 Å². The second-order valence-corrected chi connectivity index (χ2v) is 4.90. The molecule has 78 valence electrons. The van der Waals surface area contributed by atoms with Crippen molar-refractivity contribution in [2.45, 2.75) is 13.5 Å². The molecule has 1 N–H and O–H groups in total. The van der Waals surface area contributed by atoms with Crippen molar-refractivity contribution in [3.8, 4) is 0 Å². The van der Waals surface area contributed by atoms with Crippen LogP contribution in [0.2, 0.25) is 0 Å². The van der Waals surface area contributed by atoms with Crippen LogP contribution in [0.1, 0.15) is 10.7 Å². The Kier molecular flexibility index (Phi) is 3.33. The summed E-state index contributed by atoms with van der Waals surface area (Å²) < 4.78 is 0.809. The standard InChI is InChI=1S/C10H10BrN3S/c1-7-13-9(11)5-10(14-7)12-6-8-3-2-4-15-8/h2-5H,6H2,1H3,(H,12,13,14). The summed E-state index contributed by atoms with van der Waals surface area (Å²) in [4.78, 5) is 9.73. The number of thiophene rings is 1. The van der Waals surface area contributed by atoms with Crippen LogP contribution in [0, 0.1) is 6.92 Å². The lowest BCUT2D eigenvalue weighted by Crippen LogP contribution is -2.01. The number of anilines is 1. The quantitative estimate of drug-likeness (QED) is 0.879. The van der Waals surface area contributed by atoms with E-state index in [2.05, 4.69) is 42.7 Å². The number of nitrogens with one attached hydrogen (secondary N) is 1. The highest BCUT2D eigenvalue weighted by atomic mass is 79.9. The molecule has 15 heavy (non-hydrogen) atoms. The highest BCUT2D eigenvalue weighted by Crippen LogP contribution is 2.14. The normalized spacial score (nSPS) is 10.3. The van der Waals surface area contributed by atoms with Crippen LogP contribution in [0.5, 0.6) is 0 Å². The first-order valence-corrected chi connectivity index (χ1v) is 6.19. The van der Waals surface area contributed by atoms with E-state index in [1.165, 1.54) is 4.88 Å². The van der Waals surface area contributed by atoms with Gasteiger partial charge < -0.3 is 5.32 Å². The Hall–Kier alpha value is -0.940. The molecule has 0 aliphatic carbocycles. The van der Waals surface area contributed by atoms with Crippen LogP contribution < -0.4 is 5.32 Å².